The zero-order valence-electron chi connectivity index (χ0n) is 10.1. The predicted molar refractivity (Wildman–Crippen MR) is 69.7 cm³/mol. The Morgan fingerprint density at radius 1 is 1.50 bits per heavy atom. The molecule has 0 unspecified atom stereocenters. The Morgan fingerprint density at radius 3 is 2.89 bits per heavy atom. The molecule has 2 rings (SSSR count). The van der Waals surface area contributed by atoms with E-state index in [1.54, 1.807) is 5.38 Å². The van der Waals surface area contributed by atoms with Crippen molar-refractivity contribution in [3.8, 4) is 11.5 Å². The first kappa shape index (κ1) is 12.6. The molecule has 2 aromatic heterocycles. The highest BCUT2D eigenvalue weighted by molar-refractivity contribution is 7.12. The zero-order chi connectivity index (χ0) is 13.1. The lowest BCUT2D eigenvalue weighted by atomic mass is 10.2. The van der Waals surface area contributed by atoms with Crippen LogP contribution in [0.25, 0.3) is 0 Å². The van der Waals surface area contributed by atoms with E-state index in [9.17, 15) is 4.79 Å². The molecule has 0 radical (unpaired) electrons. The number of nitrogens with zero attached hydrogens (tertiary/aromatic N) is 1. The van der Waals surface area contributed by atoms with E-state index in [-0.39, 0.29) is 4.88 Å². The van der Waals surface area contributed by atoms with Gasteiger partial charge in [-0.1, -0.05) is 6.92 Å². The quantitative estimate of drug-likeness (QED) is 0.917. The van der Waals surface area contributed by atoms with E-state index in [1.807, 2.05) is 26.0 Å². The third kappa shape index (κ3) is 2.68. The monoisotopic (exact) mass is 263 g/mol. The summed E-state index contributed by atoms with van der Waals surface area (Å²) in [5.41, 5.74) is 1.81. The average Bonchev–Trinajstić information content (AvgIpc) is 2.80. The first-order valence-electron chi connectivity index (χ1n) is 5.56. The standard InChI is InChI=1S/C13H13NO3S/c1-3-10-11(5-4-8(2)14-10)17-9-6-12(13(15)16)18-7-9/h4-7H,3H2,1-2H3,(H,15,16). The summed E-state index contributed by atoms with van der Waals surface area (Å²) < 4.78 is 5.67. The maximum absolute atomic E-state index is 10.8. The molecule has 2 heterocycles. The number of ether oxygens (including phenoxy) is 1. The molecule has 18 heavy (non-hydrogen) atoms. The number of hydrogen-bond donors (Lipinski definition) is 1. The van der Waals surface area contributed by atoms with Crippen molar-refractivity contribution in [3.63, 3.8) is 0 Å². The molecule has 0 atom stereocenters. The van der Waals surface area contributed by atoms with E-state index >= 15 is 0 Å². The highest BCUT2D eigenvalue weighted by Gasteiger charge is 2.10. The zero-order valence-corrected chi connectivity index (χ0v) is 11.0. The Balaban J connectivity index is 2.25. The van der Waals surface area contributed by atoms with Crippen LogP contribution in [0.4, 0.5) is 0 Å². The number of carboxylic acid groups (broad SMARTS) is 1. The molecule has 0 aliphatic carbocycles. The van der Waals surface area contributed by atoms with Gasteiger partial charge in [-0.15, -0.1) is 11.3 Å². The molecule has 1 N–H and O–H groups in total. The molecule has 0 amide bonds. The fourth-order valence-corrected chi connectivity index (χ4v) is 2.20. The Hall–Kier alpha value is -1.88. The predicted octanol–water partition coefficient (Wildman–Crippen LogP) is 3.50. The molecule has 0 bridgehead atoms. The summed E-state index contributed by atoms with van der Waals surface area (Å²) in [7, 11) is 0. The largest absolute Gasteiger partial charge is 0.477 e. The van der Waals surface area contributed by atoms with Gasteiger partial charge in [-0.2, -0.15) is 0 Å². The number of aromatic nitrogens is 1. The lowest BCUT2D eigenvalue weighted by Crippen LogP contribution is -1.95. The summed E-state index contributed by atoms with van der Waals surface area (Å²) in [4.78, 5) is 15.4. The fourth-order valence-electron chi connectivity index (χ4n) is 1.56. The van der Waals surface area contributed by atoms with E-state index in [1.165, 1.54) is 6.07 Å². The molecule has 94 valence electrons. The van der Waals surface area contributed by atoms with Crippen molar-refractivity contribution >= 4 is 17.3 Å². The van der Waals surface area contributed by atoms with Crippen LogP contribution in [0.3, 0.4) is 0 Å². The van der Waals surface area contributed by atoms with E-state index in [4.69, 9.17) is 9.84 Å². The molecule has 5 heteroatoms. The number of aryl methyl sites for hydroxylation is 2. The SMILES string of the molecule is CCc1nc(C)ccc1Oc1csc(C(=O)O)c1. The van der Waals surface area contributed by atoms with Gasteiger partial charge in [-0.25, -0.2) is 4.79 Å². The summed E-state index contributed by atoms with van der Waals surface area (Å²) in [6, 6.07) is 5.25. The summed E-state index contributed by atoms with van der Waals surface area (Å²) in [5, 5.41) is 10.5. The Kier molecular flexibility index (Phi) is 3.62. The van der Waals surface area contributed by atoms with Gasteiger partial charge in [0.2, 0.25) is 0 Å². The van der Waals surface area contributed by atoms with Crippen molar-refractivity contribution in [3.05, 3.63) is 39.8 Å². The van der Waals surface area contributed by atoms with E-state index < -0.39 is 5.97 Å². The van der Waals surface area contributed by atoms with Gasteiger partial charge in [0, 0.05) is 17.1 Å². The number of thiophene rings is 1. The second-order valence-electron chi connectivity index (χ2n) is 3.80. The Bertz CT molecular complexity index is 577. The number of rotatable bonds is 4. The van der Waals surface area contributed by atoms with E-state index in [0.29, 0.717) is 11.5 Å². The molecule has 0 saturated heterocycles. The van der Waals surface area contributed by atoms with Gasteiger partial charge in [0.25, 0.3) is 0 Å². The summed E-state index contributed by atoms with van der Waals surface area (Å²) in [6.45, 7) is 3.93. The number of aromatic carboxylic acids is 1. The number of pyridine rings is 1. The lowest BCUT2D eigenvalue weighted by molar-refractivity contribution is 0.0702. The summed E-state index contributed by atoms with van der Waals surface area (Å²) in [6.07, 6.45) is 0.771. The summed E-state index contributed by atoms with van der Waals surface area (Å²) in [5.74, 6) is 0.281. The number of carbonyl (C=O) groups is 1. The first-order chi connectivity index (χ1) is 8.60. The van der Waals surface area contributed by atoms with Crippen molar-refractivity contribution in [2.75, 3.05) is 0 Å². The Labute approximate surface area is 109 Å². The first-order valence-corrected chi connectivity index (χ1v) is 6.44. The van der Waals surface area contributed by atoms with E-state index in [2.05, 4.69) is 4.98 Å². The third-order valence-corrected chi connectivity index (χ3v) is 3.32. The van der Waals surface area contributed by atoms with Gasteiger partial charge in [-0.05, 0) is 25.5 Å². The van der Waals surface area contributed by atoms with Crippen molar-refractivity contribution < 1.29 is 14.6 Å². The molecular weight excluding hydrogens is 250 g/mol. The highest BCUT2D eigenvalue weighted by atomic mass is 32.1. The minimum Gasteiger partial charge on any atom is -0.477 e. The fraction of sp³-hybridized carbons (Fsp3) is 0.231. The number of carboxylic acids is 1. The second-order valence-corrected chi connectivity index (χ2v) is 4.72. The average molecular weight is 263 g/mol. The van der Waals surface area contributed by atoms with Crippen LogP contribution in [0.1, 0.15) is 28.0 Å². The van der Waals surface area contributed by atoms with Crippen LogP contribution in [0, 0.1) is 6.92 Å². The van der Waals surface area contributed by atoms with Gasteiger partial charge >= 0.3 is 5.97 Å². The molecule has 2 aromatic rings. The normalized spacial score (nSPS) is 10.3. The molecule has 0 aliphatic rings. The van der Waals surface area contributed by atoms with Crippen molar-refractivity contribution in [1.29, 1.82) is 0 Å². The van der Waals surface area contributed by atoms with Crippen LogP contribution >= 0.6 is 11.3 Å². The lowest BCUT2D eigenvalue weighted by Gasteiger charge is -2.08. The van der Waals surface area contributed by atoms with Gasteiger partial charge < -0.3 is 9.84 Å². The van der Waals surface area contributed by atoms with Gasteiger partial charge in [-0.3, -0.25) is 4.98 Å². The van der Waals surface area contributed by atoms with E-state index in [0.717, 1.165) is 29.1 Å². The van der Waals surface area contributed by atoms with Crippen LogP contribution in [0.5, 0.6) is 11.5 Å². The van der Waals surface area contributed by atoms with Crippen molar-refractivity contribution in [2.24, 2.45) is 0 Å². The third-order valence-electron chi connectivity index (χ3n) is 2.42. The molecular formula is C13H13NO3S. The topological polar surface area (TPSA) is 59.4 Å². The minimum atomic E-state index is -0.937. The Morgan fingerprint density at radius 2 is 2.28 bits per heavy atom. The van der Waals surface area contributed by atoms with Gasteiger partial charge in [0.1, 0.15) is 16.4 Å². The van der Waals surface area contributed by atoms with Crippen LogP contribution in [0.15, 0.2) is 23.6 Å². The molecule has 4 nitrogen and oxygen atoms in total. The minimum absolute atomic E-state index is 0.267. The molecule has 0 aliphatic heterocycles. The van der Waals surface area contributed by atoms with Crippen LogP contribution in [-0.4, -0.2) is 16.1 Å². The maximum atomic E-state index is 10.8. The summed E-state index contributed by atoms with van der Waals surface area (Å²) >= 11 is 1.15. The van der Waals surface area contributed by atoms with Crippen LogP contribution < -0.4 is 4.74 Å². The van der Waals surface area contributed by atoms with Crippen LogP contribution in [0.2, 0.25) is 0 Å². The van der Waals surface area contributed by atoms with Crippen molar-refractivity contribution in [2.45, 2.75) is 20.3 Å². The van der Waals surface area contributed by atoms with Gasteiger partial charge in [0.15, 0.2) is 0 Å². The molecule has 0 spiro atoms. The molecule has 0 fully saturated rings. The number of hydrogen-bond acceptors (Lipinski definition) is 4. The highest BCUT2D eigenvalue weighted by Crippen LogP contribution is 2.29. The van der Waals surface area contributed by atoms with Gasteiger partial charge in [0.05, 0.1) is 5.69 Å². The maximum Gasteiger partial charge on any atom is 0.346 e. The molecule has 0 saturated carbocycles. The smallest absolute Gasteiger partial charge is 0.346 e. The van der Waals surface area contributed by atoms with Crippen LogP contribution in [-0.2, 0) is 6.42 Å². The molecule has 0 aromatic carbocycles. The van der Waals surface area contributed by atoms with Crippen molar-refractivity contribution in [1.82, 2.24) is 4.98 Å². The second kappa shape index (κ2) is 5.18.